The molecule has 28 heavy (non-hydrogen) atoms. The number of carbonyl (C=O) groups is 3. The van der Waals surface area contributed by atoms with Crippen molar-refractivity contribution < 1.29 is 19.5 Å². The third kappa shape index (κ3) is 5.94. The van der Waals surface area contributed by atoms with Crippen LogP contribution in [0.1, 0.15) is 48.7 Å². The van der Waals surface area contributed by atoms with E-state index in [1.165, 1.54) is 12.1 Å². The highest BCUT2D eigenvalue weighted by molar-refractivity contribution is 5.97. The molecule has 0 fully saturated rings. The van der Waals surface area contributed by atoms with Gasteiger partial charge in [0.25, 0.3) is 0 Å². The molecule has 0 bridgehead atoms. The molecular weight excluding hydrogens is 356 g/mol. The number of benzene rings is 2. The SMILES string of the molecule is Cc1ccc(NC(=O)CCc2ccc(C(=O)O)cc2)cc1NC(=O)C(C)(C)C. The Morgan fingerprint density at radius 2 is 1.61 bits per heavy atom. The van der Waals surface area contributed by atoms with Gasteiger partial charge in [-0.3, -0.25) is 9.59 Å². The maximum absolute atomic E-state index is 12.2. The zero-order valence-corrected chi connectivity index (χ0v) is 16.6. The van der Waals surface area contributed by atoms with Gasteiger partial charge in [0.05, 0.1) is 5.56 Å². The van der Waals surface area contributed by atoms with Crippen LogP contribution in [-0.4, -0.2) is 22.9 Å². The lowest BCUT2D eigenvalue weighted by molar-refractivity contribution is -0.123. The van der Waals surface area contributed by atoms with Crippen LogP contribution in [0.4, 0.5) is 11.4 Å². The average molecular weight is 382 g/mol. The molecule has 0 heterocycles. The summed E-state index contributed by atoms with van der Waals surface area (Å²) in [5.74, 6) is -1.22. The van der Waals surface area contributed by atoms with Crippen LogP contribution in [0.15, 0.2) is 42.5 Å². The Bertz CT molecular complexity index is 880. The first-order valence-corrected chi connectivity index (χ1v) is 9.10. The summed E-state index contributed by atoms with van der Waals surface area (Å²) < 4.78 is 0. The minimum Gasteiger partial charge on any atom is -0.478 e. The van der Waals surface area contributed by atoms with Gasteiger partial charge in [0.2, 0.25) is 11.8 Å². The van der Waals surface area contributed by atoms with Crippen molar-refractivity contribution in [3.05, 3.63) is 59.2 Å². The standard InChI is InChI=1S/C22H26N2O4/c1-14-5-11-17(13-18(14)24-21(28)22(2,3)4)23-19(25)12-8-15-6-9-16(10-7-15)20(26)27/h5-7,9-11,13H,8,12H2,1-4H3,(H,23,25)(H,24,28)(H,26,27). The van der Waals surface area contributed by atoms with Crippen LogP contribution in [0.3, 0.4) is 0 Å². The number of rotatable bonds is 6. The first-order valence-electron chi connectivity index (χ1n) is 9.10. The van der Waals surface area contributed by atoms with E-state index in [4.69, 9.17) is 5.11 Å². The number of carboxylic acids is 1. The van der Waals surface area contributed by atoms with E-state index in [0.717, 1.165) is 11.1 Å². The van der Waals surface area contributed by atoms with Crippen LogP contribution in [0, 0.1) is 12.3 Å². The fraction of sp³-hybridized carbons (Fsp3) is 0.318. The Balaban J connectivity index is 1.97. The molecule has 0 atom stereocenters. The summed E-state index contributed by atoms with van der Waals surface area (Å²) in [4.78, 5) is 35.3. The van der Waals surface area contributed by atoms with Crippen LogP contribution < -0.4 is 10.6 Å². The smallest absolute Gasteiger partial charge is 0.335 e. The molecule has 6 heteroatoms. The normalized spacial score (nSPS) is 11.0. The molecule has 3 N–H and O–H groups in total. The quantitative estimate of drug-likeness (QED) is 0.696. The largest absolute Gasteiger partial charge is 0.478 e. The summed E-state index contributed by atoms with van der Waals surface area (Å²) in [5.41, 5.74) is 2.79. The zero-order chi connectivity index (χ0) is 20.9. The molecular formula is C22H26N2O4. The molecule has 2 aromatic rings. The van der Waals surface area contributed by atoms with E-state index in [9.17, 15) is 14.4 Å². The molecule has 0 aromatic heterocycles. The number of nitrogens with one attached hydrogen (secondary N) is 2. The van der Waals surface area contributed by atoms with Gasteiger partial charge in [0.1, 0.15) is 0 Å². The van der Waals surface area contributed by atoms with E-state index in [-0.39, 0.29) is 23.8 Å². The Kier molecular flexibility index (Phi) is 6.57. The molecule has 0 aliphatic heterocycles. The van der Waals surface area contributed by atoms with Gasteiger partial charge in [-0.2, -0.15) is 0 Å². The third-order valence-electron chi connectivity index (χ3n) is 4.29. The summed E-state index contributed by atoms with van der Waals surface area (Å²) in [6, 6.07) is 11.9. The molecule has 0 unspecified atom stereocenters. The van der Waals surface area contributed by atoms with Crippen molar-refractivity contribution in [1.82, 2.24) is 0 Å². The minimum absolute atomic E-state index is 0.0936. The number of aryl methyl sites for hydroxylation is 2. The van der Waals surface area contributed by atoms with Crippen LogP contribution in [-0.2, 0) is 16.0 Å². The number of aromatic carboxylic acids is 1. The third-order valence-corrected chi connectivity index (χ3v) is 4.29. The number of carbonyl (C=O) groups excluding carboxylic acids is 2. The lowest BCUT2D eigenvalue weighted by Crippen LogP contribution is -2.28. The topological polar surface area (TPSA) is 95.5 Å². The summed E-state index contributed by atoms with van der Waals surface area (Å²) in [6.45, 7) is 7.41. The Labute approximate surface area is 165 Å². The highest BCUT2D eigenvalue weighted by atomic mass is 16.4. The number of carboxylic acid groups (broad SMARTS) is 1. The van der Waals surface area contributed by atoms with Crippen molar-refractivity contribution in [2.24, 2.45) is 5.41 Å². The molecule has 148 valence electrons. The molecule has 0 radical (unpaired) electrons. The lowest BCUT2D eigenvalue weighted by atomic mass is 9.95. The van der Waals surface area contributed by atoms with Crippen molar-refractivity contribution >= 4 is 29.2 Å². The summed E-state index contributed by atoms with van der Waals surface area (Å²) in [6.07, 6.45) is 0.773. The van der Waals surface area contributed by atoms with Crippen LogP contribution in [0.2, 0.25) is 0 Å². The van der Waals surface area contributed by atoms with Gasteiger partial charge in [0, 0.05) is 23.2 Å². The van der Waals surface area contributed by atoms with E-state index in [1.54, 1.807) is 24.3 Å². The van der Waals surface area contributed by atoms with Crippen molar-refractivity contribution in [2.45, 2.75) is 40.5 Å². The van der Waals surface area contributed by atoms with Crippen molar-refractivity contribution in [3.63, 3.8) is 0 Å². The first kappa shape index (κ1) is 21.2. The number of hydrogen-bond acceptors (Lipinski definition) is 3. The maximum atomic E-state index is 12.2. The van der Waals surface area contributed by atoms with Crippen LogP contribution in [0.25, 0.3) is 0 Å². The molecule has 0 spiro atoms. The van der Waals surface area contributed by atoms with Gasteiger partial charge >= 0.3 is 5.97 Å². The highest BCUT2D eigenvalue weighted by Gasteiger charge is 2.21. The zero-order valence-electron chi connectivity index (χ0n) is 16.6. The predicted octanol–water partition coefficient (Wildman–Crippen LogP) is 4.25. The van der Waals surface area contributed by atoms with Gasteiger partial charge in [-0.05, 0) is 48.7 Å². The van der Waals surface area contributed by atoms with E-state index in [2.05, 4.69) is 10.6 Å². The molecule has 0 aliphatic carbocycles. The van der Waals surface area contributed by atoms with Gasteiger partial charge in [-0.25, -0.2) is 4.79 Å². The van der Waals surface area contributed by atoms with Gasteiger partial charge < -0.3 is 15.7 Å². The van der Waals surface area contributed by atoms with Crippen LogP contribution in [0.5, 0.6) is 0 Å². The molecule has 2 aromatic carbocycles. The monoisotopic (exact) mass is 382 g/mol. The fourth-order valence-corrected chi connectivity index (χ4v) is 2.44. The second-order valence-electron chi connectivity index (χ2n) is 7.78. The summed E-state index contributed by atoms with van der Waals surface area (Å²) in [7, 11) is 0. The minimum atomic E-state index is -0.974. The van der Waals surface area contributed by atoms with Crippen LogP contribution >= 0.6 is 0 Å². The second kappa shape index (κ2) is 8.69. The van der Waals surface area contributed by atoms with Gasteiger partial charge in [-0.1, -0.05) is 39.0 Å². The Hall–Kier alpha value is -3.15. The van der Waals surface area contributed by atoms with E-state index in [1.807, 2.05) is 33.8 Å². The Morgan fingerprint density at radius 3 is 2.18 bits per heavy atom. The summed E-state index contributed by atoms with van der Waals surface area (Å²) >= 11 is 0. The first-order chi connectivity index (χ1) is 13.1. The van der Waals surface area contributed by atoms with Crippen molar-refractivity contribution in [2.75, 3.05) is 10.6 Å². The molecule has 0 aliphatic rings. The van der Waals surface area contributed by atoms with Gasteiger partial charge in [-0.15, -0.1) is 0 Å². The lowest BCUT2D eigenvalue weighted by Gasteiger charge is -2.19. The number of anilines is 2. The predicted molar refractivity (Wildman–Crippen MR) is 110 cm³/mol. The number of hydrogen-bond donors (Lipinski definition) is 3. The Morgan fingerprint density at radius 1 is 0.964 bits per heavy atom. The fourth-order valence-electron chi connectivity index (χ4n) is 2.44. The average Bonchev–Trinajstić information content (AvgIpc) is 2.62. The maximum Gasteiger partial charge on any atom is 0.335 e. The molecule has 0 saturated heterocycles. The molecule has 6 nitrogen and oxygen atoms in total. The molecule has 0 saturated carbocycles. The highest BCUT2D eigenvalue weighted by Crippen LogP contribution is 2.23. The van der Waals surface area contributed by atoms with E-state index in [0.29, 0.717) is 17.8 Å². The molecule has 2 amide bonds. The molecule has 2 rings (SSSR count). The van der Waals surface area contributed by atoms with Crippen molar-refractivity contribution in [1.29, 1.82) is 0 Å². The van der Waals surface area contributed by atoms with E-state index >= 15 is 0 Å². The second-order valence-corrected chi connectivity index (χ2v) is 7.78. The van der Waals surface area contributed by atoms with Crippen molar-refractivity contribution in [3.8, 4) is 0 Å². The van der Waals surface area contributed by atoms with E-state index < -0.39 is 11.4 Å². The number of amides is 2. The van der Waals surface area contributed by atoms with Gasteiger partial charge in [0.15, 0.2) is 0 Å². The summed E-state index contributed by atoms with van der Waals surface area (Å²) in [5, 5.41) is 14.6.